The molecule has 0 bridgehead atoms. The van der Waals surface area contributed by atoms with Crippen LogP contribution in [0, 0.1) is 5.82 Å². The maximum absolute atomic E-state index is 13.1. The van der Waals surface area contributed by atoms with E-state index in [1.54, 1.807) is 11.0 Å². The molecule has 0 unspecified atom stereocenters. The number of nitrogens with one attached hydrogen (secondary N) is 1. The summed E-state index contributed by atoms with van der Waals surface area (Å²) in [5, 5.41) is 35.3. The van der Waals surface area contributed by atoms with Crippen LogP contribution < -0.4 is 5.48 Å². The number of pyridine rings is 1. The molecule has 0 radical (unpaired) electrons. The van der Waals surface area contributed by atoms with Crippen molar-refractivity contribution >= 4 is 11.9 Å². The standard InChI is InChI=1S/C14H11FN2O4.C6H15NO3/c1-8(18)21-17-14(20)13-12(19)6-10(7-16-13)9-3-2-4-11(15)5-9;8-4-1-7(2-5-9)3-6-10/h2-7,19H,1H3,(H,17,20);8-10H,1-6H2. The topological polar surface area (TPSA) is 152 Å². The van der Waals surface area contributed by atoms with E-state index in [2.05, 4.69) is 9.82 Å². The van der Waals surface area contributed by atoms with Gasteiger partial charge in [-0.15, -0.1) is 0 Å². The summed E-state index contributed by atoms with van der Waals surface area (Å²) in [6.07, 6.45) is 1.30. The Morgan fingerprint density at radius 3 is 2.16 bits per heavy atom. The largest absolute Gasteiger partial charge is 0.505 e. The van der Waals surface area contributed by atoms with Crippen LogP contribution >= 0.6 is 0 Å². The molecule has 2 rings (SSSR count). The highest BCUT2D eigenvalue weighted by atomic mass is 19.1. The molecule has 1 amide bonds. The normalized spacial score (nSPS) is 10.3. The van der Waals surface area contributed by atoms with Crippen LogP contribution in [0.15, 0.2) is 36.5 Å². The second-order valence-corrected chi connectivity index (χ2v) is 6.14. The predicted molar refractivity (Wildman–Crippen MR) is 108 cm³/mol. The van der Waals surface area contributed by atoms with E-state index in [0.717, 1.165) is 6.92 Å². The number of aromatic hydroxyl groups is 1. The minimum atomic E-state index is -0.867. The van der Waals surface area contributed by atoms with Gasteiger partial charge in [0.15, 0.2) is 5.69 Å². The quantitative estimate of drug-likeness (QED) is 0.360. The molecule has 1 aromatic heterocycles. The van der Waals surface area contributed by atoms with Crippen molar-refractivity contribution in [3.05, 3.63) is 48.0 Å². The summed E-state index contributed by atoms with van der Waals surface area (Å²) in [5.41, 5.74) is 2.47. The van der Waals surface area contributed by atoms with Crippen LogP contribution in [0.2, 0.25) is 0 Å². The number of hydroxylamine groups is 1. The second-order valence-electron chi connectivity index (χ2n) is 6.14. The summed E-state index contributed by atoms with van der Waals surface area (Å²) in [4.78, 5) is 32.1. The first-order valence-corrected chi connectivity index (χ1v) is 9.30. The highest BCUT2D eigenvalue weighted by molar-refractivity contribution is 5.95. The lowest BCUT2D eigenvalue weighted by molar-refractivity contribution is -0.146. The van der Waals surface area contributed by atoms with Gasteiger partial charge >= 0.3 is 11.9 Å². The number of nitrogens with zero attached hydrogens (tertiary/aromatic N) is 2. The Kier molecular flexibility index (Phi) is 11.7. The van der Waals surface area contributed by atoms with Gasteiger partial charge in [-0.2, -0.15) is 5.48 Å². The first kappa shape index (κ1) is 25.9. The first-order chi connectivity index (χ1) is 14.8. The van der Waals surface area contributed by atoms with Crippen molar-refractivity contribution in [1.29, 1.82) is 0 Å². The SMILES string of the molecule is CC(=O)ONC(=O)c1ncc(-c2cccc(F)c2)cc1O.OCCN(CCO)CCO. The number of aromatic nitrogens is 1. The van der Waals surface area contributed by atoms with E-state index in [0.29, 0.717) is 30.8 Å². The molecular weight excluding hydrogens is 413 g/mol. The Bertz CT molecular complexity index is 837. The fraction of sp³-hybridized carbons (Fsp3) is 0.350. The summed E-state index contributed by atoms with van der Waals surface area (Å²) in [7, 11) is 0. The van der Waals surface area contributed by atoms with Gasteiger partial charge in [0.2, 0.25) is 0 Å². The van der Waals surface area contributed by atoms with Gasteiger partial charge in [0.05, 0.1) is 19.8 Å². The molecule has 2 aromatic rings. The third-order valence-electron chi connectivity index (χ3n) is 3.78. The van der Waals surface area contributed by atoms with E-state index in [4.69, 9.17) is 15.3 Å². The second kappa shape index (κ2) is 14.0. The van der Waals surface area contributed by atoms with E-state index < -0.39 is 23.4 Å². The van der Waals surface area contributed by atoms with Crippen LogP contribution in [-0.2, 0) is 9.63 Å². The first-order valence-electron chi connectivity index (χ1n) is 9.30. The molecule has 170 valence electrons. The third-order valence-corrected chi connectivity index (χ3v) is 3.78. The van der Waals surface area contributed by atoms with E-state index >= 15 is 0 Å². The average Bonchev–Trinajstić information content (AvgIpc) is 2.73. The number of amides is 1. The minimum Gasteiger partial charge on any atom is -0.505 e. The molecule has 1 aromatic carbocycles. The van der Waals surface area contributed by atoms with Gasteiger partial charge in [-0.1, -0.05) is 12.1 Å². The zero-order valence-corrected chi connectivity index (χ0v) is 17.0. The molecule has 0 saturated heterocycles. The maximum Gasteiger partial charge on any atom is 0.329 e. The van der Waals surface area contributed by atoms with Crippen LogP contribution in [0.3, 0.4) is 0 Å². The number of carbonyl (C=O) groups is 2. The van der Waals surface area contributed by atoms with Gasteiger partial charge in [0.1, 0.15) is 11.6 Å². The zero-order chi connectivity index (χ0) is 23.2. The Morgan fingerprint density at radius 1 is 1.06 bits per heavy atom. The van der Waals surface area contributed by atoms with Crippen molar-refractivity contribution in [3.63, 3.8) is 0 Å². The fourth-order valence-corrected chi connectivity index (χ4v) is 2.38. The molecule has 0 atom stereocenters. The molecule has 0 fully saturated rings. The predicted octanol–water partition coefficient (Wildman–Crippen LogP) is 0.0665. The molecule has 0 aliphatic rings. The smallest absolute Gasteiger partial charge is 0.329 e. The lowest BCUT2D eigenvalue weighted by Crippen LogP contribution is -2.32. The Hall–Kier alpha value is -3.12. The molecule has 0 spiro atoms. The van der Waals surface area contributed by atoms with Gasteiger partial charge in [-0.05, 0) is 23.8 Å². The number of aliphatic hydroxyl groups is 3. The summed E-state index contributed by atoms with van der Waals surface area (Å²) in [5.74, 6) is -2.42. The number of hydrogen-bond donors (Lipinski definition) is 5. The summed E-state index contributed by atoms with van der Waals surface area (Å²) >= 11 is 0. The van der Waals surface area contributed by atoms with Crippen molar-refractivity contribution < 1.29 is 39.2 Å². The lowest BCUT2D eigenvalue weighted by Gasteiger charge is -2.17. The van der Waals surface area contributed by atoms with Crippen molar-refractivity contribution in [3.8, 4) is 16.9 Å². The average molecular weight is 439 g/mol. The van der Waals surface area contributed by atoms with Crippen LogP contribution in [0.25, 0.3) is 11.1 Å². The van der Waals surface area contributed by atoms with Crippen molar-refractivity contribution in [2.45, 2.75) is 6.92 Å². The summed E-state index contributed by atoms with van der Waals surface area (Å²) in [6.45, 7) is 2.87. The molecule has 11 heteroatoms. The Labute approximate surface area is 178 Å². The fourth-order valence-electron chi connectivity index (χ4n) is 2.38. The molecule has 0 saturated carbocycles. The van der Waals surface area contributed by atoms with E-state index in [1.165, 1.54) is 30.5 Å². The van der Waals surface area contributed by atoms with Gasteiger partial charge < -0.3 is 25.3 Å². The number of hydrogen-bond acceptors (Lipinski definition) is 9. The number of benzene rings is 1. The Balaban J connectivity index is 0.000000407. The zero-order valence-electron chi connectivity index (χ0n) is 17.0. The highest BCUT2D eigenvalue weighted by Crippen LogP contribution is 2.25. The molecule has 0 aliphatic heterocycles. The number of aliphatic hydroxyl groups excluding tert-OH is 3. The van der Waals surface area contributed by atoms with Crippen LogP contribution in [0.5, 0.6) is 5.75 Å². The molecule has 10 nitrogen and oxygen atoms in total. The number of halogens is 1. The van der Waals surface area contributed by atoms with E-state index in [1.807, 2.05) is 5.48 Å². The lowest BCUT2D eigenvalue weighted by atomic mass is 10.1. The Morgan fingerprint density at radius 2 is 1.68 bits per heavy atom. The van der Waals surface area contributed by atoms with Crippen molar-refractivity contribution in [2.75, 3.05) is 39.5 Å². The highest BCUT2D eigenvalue weighted by Gasteiger charge is 2.15. The van der Waals surface area contributed by atoms with Gasteiger partial charge in [-0.25, -0.2) is 9.37 Å². The molecule has 31 heavy (non-hydrogen) atoms. The van der Waals surface area contributed by atoms with Gasteiger partial charge in [0.25, 0.3) is 0 Å². The molecular formula is C20H26FN3O7. The van der Waals surface area contributed by atoms with E-state index in [9.17, 15) is 19.1 Å². The van der Waals surface area contributed by atoms with Crippen molar-refractivity contribution in [2.24, 2.45) is 0 Å². The van der Waals surface area contributed by atoms with Crippen LogP contribution in [0.1, 0.15) is 17.4 Å². The molecule has 1 heterocycles. The molecule has 0 aliphatic carbocycles. The van der Waals surface area contributed by atoms with Crippen LogP contribution in [0.4, 0.5) is 4.39 Å². The summed E-state index contributed by atoms with van der Waals surface area (Å²) < 4.78 is 13.1. The van der Waals surface area contributed by atoms with Gasteiger partial charge in [0, 0.05) is 38.3 Å². The van der Waals surface area contributed by atoms with E-state index in [-0.39, 0.29) is 25.5 Å². The van der Waals surface area contributed by atoms with Gasteiger partial charge in [-0.3, -0.25) is 14.5 Å². The number of carbonyl (C=O) groups excluding carboxylic acids is 2. The third kappa shape index (κ3) is 9.49. The van der Waals surface area contributed by atoms with Crippen LogP contribution in [-0.4, -0.2) is 81.6 Å². The monoisotopic (exact) mass is 439 g/mol. The van der Waals surface area contributed by atoms with Crippen molar-refractivity contribution in [1.82, 2.24) is 15.4 Å². The minimum absolute atomic E-state index is 0.0694. The molecule has 5 N–H and O–H groups in total. The number of rotatable bonds is 8. The maximum atomic E-state index is 13.1. The summed E-state index contributed by atoms with van der Waals surface area (Å²) in [6, 6.07) is 6.98.